The number of hydrogen-bond acceptors (Lipinski definition) is 4. The Morgan fingerprint density at radius 1 is 1.35 bits per heavy atom. The summed E-state index contributed by atoms with van der Waals surface area (Å²) in [7, 11) is 0. The highest BCUT2D eigenvalue weighted by Crippen LogP contribution is 2.20. The first-order valence-electron chi connectivity index (χ1n) is 5.79. The molecule has 1 heterocycles. The van der Waals surface area contributed by atoms with Gasteiger partial charge < -0.3 is 10.4 Å². The fraction of sp³-hybridized carbons (Fsp3) is 0.385. The molecule has 1 atom stereocenters. The van der Waals surface area contributed by atoms with Gasteiger partial charge in [-0.2, -0.15) is 10.2 Å². The fourth-order valence-electron chi connectivity index (χ4n) is 1.56. The second kappa shape index (κ2) is 4.67. The number of rotatable bonds is 4. The average molecular weight is 231 g/mol. The van der Waals surface area contributed by atoms with E-state index >= 15 is 0 Å². The predicted molar refractivity (Wildman–Crippen MR) is 68.9 cm³/mol. The van der Waals surface area contributed by atoms with E-state index in [9.17, 15) is 5.11 Å². The molecular weight excluding hydrogens is 214 g/mol. The number of hydrogen-bond donors (Lipinski definition) is 2. The van der Waals surface area contributed by atoms with E-state index < -0.39 is 5.60 Å². The fourth-order valence-corrected chi connectivity index (χ4v) is 1.56. The topological polar surface area (TPSA) is 58.0 Å². The van der Waals surface area contributed by atoms with Gasteiger partial charge >= 0.3 is 0 Å². The van der Waals surface area contributed by atoms with Crippen molar-refractivity contribution in [2.45, 2.75) is 25.9 Å². The van der Waals surface area contributed by atoms with Gasteiger partial charge in [0.25, 0.3) is 0 Å². The van der Waals surface area contributed by atoms with Crippen LogP contribution in [0.5, 0.6) is 0 Å². The lowest BCUT2D eigenvalue weighted by atomic mass is 10.0. The van der Waals surface area contributed by atoms with E-state index in [1.807, 2.05) is 38.1 Å². The average Bonchev–Trinajstić information content (AvgIpc) is 2.36. The Kier molecular flexibility index (Phi) is 3.24. The van der Waals surface area contributed by atoms with Gasteiger partial charge in [-0.25, -0.2) is 0 Å². The molecule has 0 amide bonds. The number of aliphatic hydroxyl groups is 1. The standard InChI is InChI=1S/C13H17N3O/c1-3-13(2,17)9-14-12-8-15-16-11-7-5-4-6-10(11)12/h4-8,17H,3,9H2,1-2H3,(H,14,16). The highest BCUT2D eigenvalue weighted by Gasteiger charge is 2.17. The molecular formula is C13H17N3O. The Morgan fingerprint density at radius 2 is 2.12 bits per heavy atom. The smallest absolute Gasteiger partial charge is 0.0950 e. The highest BCUT2D eigenvalue weighted by atomic mass is 16.3. The number of nitrogens with zero attached hydrogens (tertiary/aromatic N) is 2. The largest absolute Gasteiger partial charge is 0.388 e. The normalized spacial score (nSPS) is 14.5. The van der Waals surface area contributed by atoms with Gasteiger partial charge in [-0.05, 0) is 19.4 Å². The van der Waals surface area contributed by atoms with Crippen LogP contribution in [0, 0.1) is 0 Å². The molecule has 4 nitrogen and oxygen atoms in total. The number of anilines is 1. The Bertz CT molecular complexity index is 505. The third kappa shape index (κ3) is 2.71. The molecule has 0 aliphatic rings. The summed E-state index contributed by atoms with van der Waals surface area (Å²) in [6.45, 7) is 4.28. The van der Waals surface area contributed by atoms with E-state index in [4.69, 9.17) is 0 Å². The van der Waals surface area contributed by atoms with Crippen LogP contribution in [0.3, 0.4) is 0 Å². The van der Waals surface area contributed by atoms with Gasteiger partial charge in [-0.1, -0.05) is 25.1 Å². The van der Waals surface area contributed by atoms with Crippen LogP contribution in [-0.4, -0.2) is 27.4 Å². The van der Waals surface area contributed by atoms with E-state index in [1.165, 1.54) is 0 Å². The molecule has 2 N–H and O–H groups in total. The molecule has 17 heavy (non-hydrogen) atoms. The quantitative estimate of drug-likeness (QED) is 0.847. The minimum absolute atomic E-state index is 0.499. The molecule has 90 valence electrons. The van der Waals surface area contributed by atoms with Crippen molar-refractivity contribution in [1.29, 1.82) is 0 Å². The van der Waals surface area contributed by atoms with Gasteiger partial charge in [-0.15, -0.1) is 0 Å². The summed E-state index contributed by atoms with van der Waals surface area (Å²) in [5.74, 6) is 0. The van der Waals surface area contributed by atoms with Crippen LogP contribution in [0.2, 0.25) is 0 Å². The molecule has 2 aromatic rings. The van der Waals surface area contributed by atoms with Gasteiger partial charge in [0, 0.05) is 11.9 Å². The summed E-state index contributed by atoms with van der Waals surface area (Å²) in [4.78, 5) is 0. The molecule has 0 fully saturated rings. The summed E-state index contributed by atoms with van der Waals surface area (Å²) in [5.41, 5.74) is 1.06. The zero-order chi connectivity index (χ0) is 12.3. The molecule has 1 aromatic heterocycles. The van der Waals surface area contributed by atoms with E-state index in [-0.39, 0.29) is 0 Å². The minimum atomic E-state index is -0.704. The van der Waals surface area contributed by atoms with Crippen LogP contribution < -0.4 is 5.32 Å². The number of benzene rings is 1. The molecule has 4 heteroatoms. The van der Waals surface area contributed by atoms with Crippen molar-refractivity contribution in [3.63, 3.8) is 0 Å². The van der Waals surface area contributed by atoms with Gasteiger partial charge in [0.1, 0.15) is 0 Å². The first-order chi connectivity index (χ1) is 8.12. The van der Waals surface area contributed by atoms with Crippen LogP contribution in [0.25, 0.3) is 10.9 Å². The van der Waals surface area contributed by atoms with Crippen LogP contribution >= 0.6 is 0 Å². The third-order valence-electron chi connectivity index (χ3n) is 2.97. The van der Waals surface area contributed by atoms with Crippen molar-refractivity contribution in [3.05, 3.63) is 30.5 Å². The van der Waals surface area contributed by atoms with Gasteiger partial charge in [-0.3, -0.25) is 0 Å². The Balaban J connectivity index is 2.24. The number of nitrogens with one attached hydrogen (secondary N) is 1. The molecule has 0 aliphatic carbocycles. The van der Waals surface area contributed by atoms with Crippen LogP contribution in [0.15, 0.2) is 30.5 Å². The van der Waals surface area contributed by atoms with Gasteiger partial charge in [0.15, 0.2) is 0 Å². The van der Waals surface area contributed by atoms with Crippen molar-refractivity contribution in [3.8, 4) is 0 Å². The van der Waals surface area contributed by atoms with Crippen molar-refractivity contribution in [2.75, 3.05) is 11.9 Å². The third-order valence-corrected chi connectivity index (χ3v) is 2.97. The van der Waals surface area contributed by atoms with E-state index in [0.717, 1.165) is 16.6 Å². The van der Waals surface area contributed by atoms with E-state index in [1.54, 1.807) is 6.20 Å². The summed E-state index contributed by atoms with van der Waals surface area (Å²) in [6, 6.07) is 7.81. The van der Waals surface area contributed by atoms with Crippen molar-refractivity contribution in [2.24, 2.45) is 0 Å². The lowest BCUT2D eigenvalue weighted by Crippen LogP contribution is -2.32. The highest BCUT2D eigenvalue weighted by molar-refractivity contribution is 5.90. The van der Waals surface area contributed by atoms with Gasteiger partial charge in [0.05, 0.1) is 23.0 Å². The maximum atomic E-state index is 9.96. The molecule has 0 bridgehead atoms. The van der Waals surface area contributed by atoms with Crippen molar-refractivity contribution in [1.82, 2.24) is 10.2 Å². The summed E-state index contributed by atoms with van der Waals surface area (Å²) in [5, 5.41) is 22.2. The van der Waals surface area contributed by atoms with Crippen molar-refractivity contribution >= 4 is 16.6 Å². The summed E-state index contributed by atoms with van der Waals surface area (Å²) < 4.78 is 0. The molecule has 0 saturated carbocycles. The maximum Gasteiger partial charge on any atom is 0.0950 e. The molecule has 2 rings (SSSR count). The monoisotopic (exact) mass is 231 g/mol. The Labute approximate surface area is 101 Å². The van der Waals surface area contributed by atoms with Crippen LogP contribution in [-0.2, 0) is 0 Å². The van der Waals surface area contributed by atoms with Crippen molar-refractivity contribution < 1.29 is 5.11 Å². The lowest BCUT2D eigenvalue weighted by Gasteiger charge is -2.22. The Hall–Kier alpha value is -1.68. The summed E-state index contributed by atoms with van der Waals surface area (Å²) in [6.07, 6.45) is 2.39. The molecule has 0 aliphatic heterocycles. The first kappa shape index (κ1) is 11.8. The van der Waals surface area contributed by atoms with Crippen LogP contribution in [0.4, 0.5) is 5.69 Å². The molecule has 0 saturated heterocycles. The second-order valence-electron chi connectivity index (χ2n) is 4.48. The molecule has 1 aromatic carbocycles. The minimum Gasteiger partial charge on any atom is -0.388 e. The second-order valence-corrected chi connectivity index (χ2v) is 4.48. The predicted octanol–water partition coefficient (Wildman–Crippen LogP) is 2.20. The van der Waals surface area contributed by atoms with E-state index in [0.29, 0.717) is 13.0 Å². The van der Waals surface area contributed by atoms with Gasteiger partial charge in [0.2, 0.25) is 0 Å². The maximum absolute atomic E-state index is 9.96. The van der Waals surface area contributed by atoms with Crippen LogP contribution in [0.1, 0.15) is 20.3 Å². The molecule has 1 unspecified atom stereocenters. The SMILES string of the molecule is CCC(C)(O)CNc1cnnc2ccccc12. The zero-order valence-electron chi connectivity index (χ0n) is 10.1. The summed E-state index contributed by atoms with van der Waals surface area (Å²) >= 11 is 0. The zero-order valence-corrected chi connectivity index (χ0v) is 10.1. The number of fused-ring (bicyclic) bond motifs is 1. The Morgan fingerprint density at radius 3 is 2.88 bits per heavy atom. The number of aromatic nitrogens is 2. The lowest BCUT2D eigenvalue weighted by molar-refractivity contribution is 0.0698. The molecule has 0 spiro atoms. The van der Waals surface area contributed by atoms with E-state index in [2.05, 4.69) is 15.5 Å². The molecule has 0 radical (unpaired) electrons. The first-order valence-corrected chi connectivity index (χ1v) is 5.79.